The number of rotatable bonds is 6. The first-order valence-corrected chi connectivity index (χ1v) is 9.45. The Morgan fingerprint density at radius 1 is 1.12 bits per heavy atom. The molecule has 136 valence electrons. The first-order valence-electron chi connectivity index (χ1n) is 9.45. The summed E-state index contributed by atoms with van der Waals surface area (Å²) in [6.07, 6.45) is 7.02. The highest BCUT2D eigenvalue weighted by molar-refractivity contribution is 5.97. The van der Waals surface area contributed by atoms with Crippen LogP contribution in [-0.4, -0.2) is 41.5 Å². The van der Waals surface area contributed by atoms with Crippen LogP contribution in [0.4, 0.5) is 5.69 Å². The number of hydrogen-bond acceptors (Lipinski definition) is 3. The predicted octanol–water partition coefficient (Wildman–Crippen LogP) is 3.05. The molecule has 1 aromatic rings. The standard InChI is InChI=1S/C20H28N2O3/c23-14-16-9-11-22(12-10-16)20(25)17-5-2-6-18(13-17)21-19(24)8-7-15-3-1-4-15/h2,5-6,13,15-16,23H,1,3-4,7-12,14H2,(H,21,24). The molecule has 0 spiro atoms. The molecule has 5 heteroatoms. The van der Waals surface area contributed by atoms with Crippen LogP contribution in [0.25, 0.3) is 0 Å². The molecule has 2 amide bonds. The van der Waals surface area contributed by atoms with Crippen LogP contribution in [0.2, 0.25) is 0 Å². The topological polar surface area (TPSA) is 69.6 Å². The maximum absolute atomic E-state index is 12.6. The van der Waals surface area contributed by atoms with Gasteiger partial charge in [-0.05, 0) is 49.3 Å². The number of anilines is 1. The van der Waals surface area contributed by atoms with Gasteiger partial charge in [0.05, 0.1) is 0 Å². The van der Waals surface area contributed by atoms with E-state index in [1.807, 2.05) is 17.0 Å². The van der Waals surface area contributed by atoms with Gasteiger partial charge in [0, 0.05) is 37.4 Å². The van der Waals surface area contributed by atoms with Gasteiger partial charge in [-0.15, -0.1) is 0 Å². The summed E-state index contributed by atoms with van der Waals surface area (Å²) < 4.78 is 0. The number of nitrogens with one attached hydrogen (secondary N) is 1. The van der Waals surface area contributed by atoms with Gasteiger partial charge in [0.1, 0.15) is 0 Å². The molecule has 0 unspecified atom stereocenters. The zero-order valence-corrected chi connectivity index (χ0v) is 14.7. The maximum atomic E-state index is 12.6. The van der Waals surface area contributed by atoms with Crippen molar-refractivity contribution in [3.05, 3.63) is 29.8 Å². The van der Waals surface area contributed by atoms with Crippen LogP contribution in [-0.2, 0) is 4.79 Å². The fourth-order valence-electron chi connectivity index (χ4n) is 3.57. The minimum absolute atomic E-state index is 0.00181. The summed E-state index contributed by atoms with van der Waals surface area (Å²) in [7, 11) is 0. The fourth-order valence-corrected chi connectivity index (χ4v) is 3.57. The molecule has 2 aliphatic rings. The quantitative estimate of drug-likeness (QED) is 0.833. The summed E-state index contributed by atoms with van der Waals surface area (Å²) in [5, 5.41) is 12.1. The lowest BCUT2D eigenvalue weighted by Crippen LogP contribution is -2.39. The van der Waals surface area contributed by atoms with E-state index in [1.165, 1.54) is 19.3 Å². The van der Waals surface area contributed by atoms with Crippen molar-refractivity contribution in [2.75, 3.05) is 25.0 Å². The number of benzene rings is 1. The van der Waals surface area contributed by atoms with Gasteiger partial charge in [-0.25, -0.2) is 0 Å². The largest absolute Gasteiger partial charge is 0.396 e. The molecule has 0 aromatic heterocycles. The first-order chi connectivity index (χ1) is 12.2. The Balaban J connectivity index is 1.53. The molecular formula is C20H28N2O3. The molecule has 1 aliphatic heterocycles. The van der Waals surface area contributed by atoms with E-state index >= 15 is 0 Å². The summed E-state index contributed by atoms with van der Waals surface area (Å²) in [5.74, 6) is 1.06. The molecule has 0 bridgehead atoms. The smallest absolute Gasteiger partial charge is 0.253 e. The highest BCUT2D eigenvalue weighted by Crippen LogP contribution is 2.30. The minimum Gasteiger partial charge on any atom is -0.396 e. The van der Waals surface area contributed by atoms with Crippen molar-refractivity contribution in [3.8, 4) is 0 Å². The average Bonchev–Trinajstić information content (AvgIpc) is 2.60. The zero-order valence-electron chi connectivity index (χ0n) is 14.7. The number of likely N-dealkylation sites (tertiary alicyclic amines) is 1. The molecule has 5 nitrogen and oxygen atoms in total. The molecule has 1 heterocycles. The molecule has 2 N–H and O–H groups in total. The van der Waals surface area contributed by atoms with E-state index in [4.69, 9.17) is 0 Å². The number of piperidine rings is 1. The second-order valence-corrected chi connectivity index (χ2v) is 7.38. The molecular weight excluding hydrogens is 316 g/mol. The van der Waals surface area contributed by atoms with Gasteiger partial charge >= 0.3 is 0 Å². The molecule has 1 aliphatic carbocycles. The Labute approximate surface area is 149 Å². The van der Waals surface area contributed by atoms with Crippen LogP contribution in [0.5, 0.6) is 0 Å². The highest BCUT2D eigenvalue weighted by atomic mass is 16.3. The van der Waals surface area contributed by atoms with E-state index in [1.54, 1.807) is 12.1 Å². The SMILES string of the molecule is O=C(CCC1CCC1)Nc1cccc(C(=O)N2CCC(CO)CC2)c1. The van der Waals surface area contributed by atoms with Crippen LogP contribution in [0.1, 0.15) is 55.3 Å². The Hall–Kier alpha value is -1.88. The number of carbonyl (C=O) groups is 2. The van der Waals surface area contributed by atoms with Crippen molar-refractivity contribution in [1.82, 2.24) is 4.90 Å². The third-order valence-electron chi connectivity index (χ3n) is 5.56. The van der Waals surface area contributed by atoms with Crippen LogP contribution in [0, 0.1) is 11.8 Å². The third kappa shape index (κ3) is 4.82. The summed E-state index contributed by atoms with van der Waals surface area (Å²) in [6, 6.07) is 7.21. The summed E-state index contributed by atoms with van der Waals surface area (Å²) in [5.41, 5.74) is 1.30. The minimum atomic E-state index is 0.00181. The van der Waals surface area contributed by atoms with Crippen molar-refractivity contribution in [3.63, 3.8) is 0 Å². The lowest BCUT2D eigenvalue weighted by molar-refractivity contribution is -0.116. The Bertz CT molecular complexity index is 605. The van der Waals surface area contributed by atoms with Gasteiger partial charge in [-0.1, -0.05) is 25.3 Å². The molecule has 2 fully saturated rings. The van der Waals surface area contributed by atoms with E-state index in [0.29, 0.717) is 36.7 Å². The Kier molecular flexibility index (Phi) is 6.08. The molecule has 1 saturated carbocycles. The van der Waals surface area contributed by atoms with Crippen molar-refractivity contribution < 1.29 is 14.7 Å². The molecule has 0 radical (unpaired) electrons. The molecule has 0 atom stereocenters. The zero-order chi connectivity index (χ0) is 17.6. The first kappa shape index (κ1) is 17.9. The van der Waals surface area contributed by atoms with Gasteiger partial charge in [0.25, 0.3) is 5.91 Å². The Morgan fingerprint density at radius 2 is 1.88 bits per heavy atom. The molecule has 1 aromatic carbocycles. The molecule has 3 rings (SSSR count). The molecule has 25 heavy (non-hydrogen) atoms. The van der Waals surface area contributed by atoms with E-state index in [9.17, 15) is 14.7 Å². The number of hydrogen-bond donors (Lipinski definition) is 2. The van der Waals surface area contributed by atoms with Crippen LogP contribution in [0.15, 0.2) is 24.3 Å². The fraction of sp³-hybridized carbons (Fsp3) is 0.600. The third-order valence-corrected chi connectivity index (χ3v) is 5.56. The normalized spacial score (nSPS) is 18.7. The lowest BCUT2D eigenvalue weighted by atomic mass is 9.82. The van der Waals surface area contributed by atoms with Crippen molar-refractivity contribution in [2.45, 2.75) is 44.9 Å². The number of aliphatic hydroxyl groups excluding tert-OH is 1. The highest BCUT2D eigenvalue weighted by Gasteiger charge is 2.23. The van der Waals surface area contributed by atoms with Crippen LogP contribution in [0.3, 0.4) is 0 Å². The van der Waals surface area contributed by atoms with Gasteiger partial charge in [0.2, 0.25) is 5.91 Å². The van der Waals surface area contributed by atoms with Gasteiger partial charge < -0.3 is 15.3 Å². The number of nitrogens with zero attached hydrogens (tertiary/aromatic N) is 1. The van der Waals surface area contributed by atoms with E-state index in [-0.39, 0.29) is 18.4 Å². The van der Waals surface area contributed by atoms with Crippen LogP contribution >= 0.6 is 0 Å². The summed E-state index contributed by atoms with van der Waals surface area (Å²) >= 11 is 0. The number of carbonyl (C=O) groups excluding carboxylic acids is 2. The lowest BCUT2D eigenvalue weighted by Gasteiger charge is -2.31. The van der Waals surface area contributed by atoms with E-state index in [0.717, 1.165) is 25.2 Å². The van der Waals surface area contributed by atoms with E-state index < -0.39 is 0 Å². The van der Waals surface area contributed by atoms with Crippen molar-refractivity contribution in [1.29, 1.82) is 0 Å². The monoisotopic (exact) mass is 344 g/mol. The number of aliphatic hydroxyl groups is 1. The van der Waals surface area contributed by atoms with Crippen LogP contribution < -0.4 is 5.32 Å². The predicted molar refractivity (Wildman–Crippen MR) is 97.4 cm³/mol. The van der Waals surface area contributed by atoms with Gasteiger partial charge in [-0.3, -0.25) is 9.59 Å². The van der Waals surface area contributed by atoms with Gasteiger partial charge in [-0.2, -0.15) is 0 Å². The number of amides is 2. The second-order valence-electron chi connectivity index (χ2n) is 7.38. The second kappa shape index (κ2) is 8.48. The average molecular weight is 344 g/mol. The summed E-state index contributed by atoms with van der Waals surface area (Å²) in [6.45, 7) is 1.56. The van der Waals surface area contributed by atoms with Crippen molar-refractivity contribution >= 4 is 17.5 Å². The molecule has 1 saturated heterocycles. The van der Waals surface area contributed by atoms with Gasteiger partial charge in [0.15, 0.2) is 0 Å². The summed E-state index contributed by atoms with van der Waals surface area (Å²) in [4.78, 5) is 26.6. The maximum Gasteiger partial charge on any atom is 0.253 e. The van der Waals surface area contributed by atoms with E-state index in [2.05, 4.69) is 5.32 Å². The van der Waals surface area contributed by atoms with Crippen molar-refractivity contribution in [2.24, 2.45) is 11.8 Å². The Morgan fingerprint density at radius 3 is 2.52 bits per heavy atom.